The molecule has 0 unspecified atom stereocenters. The van der Waals surface area contributed by atoms with E-state index in [4.69, 9.17) is 0 Å². The number of aryl methyl sites for hydroxylation is 2. The lowest BCUT2D eigenvalue weighted by molar-refractivity contribution is -0.122. The second kappa shape index (κ2) is 8.62. The minimum atomic E-state index is -1.05. The Morgan fingerprint density at radius 1 is 1.00 bits per heavy atom. The Kier molecular flexibility index (Phi) is 6.52. The summed E-state index contributed by atoms with van der Waals surface area (Å²) in [4.78, 5) is 24.6. The number of nitrogens with one attached hydrogen (secondary N) is 2. The highest BCUT2D eigenvalue weighted by molar-refractivity contribution is 8.00. The van der Waals surface area contributed by atoms with Gasteiger partial charge in [-0.2, -0.15) is 0 Å². The van der Waals surface area contributed by atoms with Crippen molar-refractivity contribution in [1.29, 1.82) is 0 Å². The third-order valence-electron chi connectivity index (χ3n) is 3.35. The Morgan fingerprint density at radius 2 is 1.76 bits per heavy atom. The quantitative estimate of drug-likeness (QED) is 0.772. The van der Waals surface area contributed by atoms with Gasteiger partial charge in [0.05, 0.1) is 12.3 Å². The van der Waals surface area contributed by atoms with Gasteiger partial charge in [-0.25, -0.2) is 8.78 Å². The number of hydrogen-bond donors (Lipinski definition) is 2. The average Bonchev–Trinajstić information content (AvgIpc) is 2.57. The molecule has 4 nitrogen and oxygen atoms in total. The molecule has 2 N–H and O–H groups in total. The van der Waals surface area contributed by atoms with Crippen molar-refractivity contribution in [3.63, 3.8) is 0 Å². The first-order valence-electron chi connectivity index (χ1n) is 7.57. The molecule has 0 atom stereocenters. The third kappa shape index (κ3) is 5.86. The lowest BCUT2D eigenvalue weighted by atomic mass is 10.2. The van der Waals surface area contributed by atoms with Crippen LogP contribution in [0.1, 0.15) is 11.1 Å². The lowest BCUT2D eigenvalue weighted by Crippen LogP contribution is -2.33. The zero-order valence-electron chi connectivity index (χ0n) is 13.9. The molecule has 0 bridgehead atoms. The molecule has 0 aliphatic carbocycles. The van der Waals surface area contributed by atoms with Gasteiger partial charge in [0.1, 0.15) is 0 Å². The highest BCUT2D eigenvalue weighted by atomic mass is 32.2. The first-order valence-corrected chi connectivity index (χ1v) is 8.55. The molecule has 2 aromatic carbocycles. The zero-order chi connectivity index (χ0) is 18.4. The van der Waals surface area contributed by atoms with Crippen LogP contribution in [0, 0.1) is 25.5 Å². The molecule has 25 heavy (non-hydrogen) atoms. The van der Waals surface area contributed by atoms with E-state index in [0.717, 1.165) is 28.2 Å². The van der Waals surface area contributed by atoms with Gasteiger partial charge in [-0.3, -0.25) is 9.59 Å². The monoisotopic (exact) mass is 364 g/mol. The number of thioether (sulfide) groups is 1. The Hall–Kier alpha value is -2.41. The van der Waals surface area contributed by atoms with E-state index >= 15 is 0 Å². The number of hydrogen-bond acceptors (Lipinski definition) is 3. The molecule has 0 aromatic heterocycles. The van der Waals surface area contributed by atoms with Crippen LogP contribution in [0.3, 0.4) is 0 Å². The molecule has 2 amide bonds. The molecule has 0 fully saturated rings. The summed E-state index contributed by atoms with van der Waals surface area (Å²) in [5.41, 5.74) is 2.32. The number of anilines is 1. The summed E-state index contributed by atoms with van der Waals surface area (Å²) in [5.74, 6) is -2.66. The predicted octanol–water partition coefficient (Wildman–Crippen LogP) is 3.43. The van der Waals surface area contributed by atoms with Crippen molar-refractivity contribution >= 4 is 29.3 Å². The molecule has 132 valence electrons. The fourth-order valence-electron chi connectivity index (χ4n) is 2.02. The molecule has 0 saturated carbocycles. The van der Waals surface area contributed by atoms with Crippen LogP contribution < -0.4 is 10.6 Å². The Balaban J connectivity index is 1.78. The highest BCUT2D eigenvalue weighted by Gasteiger charge is 2.09. The topological polar surface area (TPSA) is 58.2 Å². The fourth-order valence-corrected chi connectivity index (χ4v) is 2.97. The van der Waals surface area contributed by atoms with Crippen molar-refractivity contribution < 1.29 is 18.4 Å². The van der Waals surface area contributed by atoms with Crippen LogP contribution in [0.2, 0.25) is 0 Å². The molecule has 0 spiro atoms. The van der Waals surface area contributed by atoms with E-state index in [1.165, 1.54) is 17.8 Å². The highest BCUT2D eigenvalue weighted by Crippen LogP contribution is 2.23. The van der Waals surface area contributed by atoms with Crippen LogP contribution in [-0.4, -0.2) is 24.1 Å². The largest absolute Gasteiger partial charge is 0.346 e. The third-order valence-corrected chi connectivity index (χ3v) is 4.51. The van der Waals surface area contributed by atoms with Gasteiger partial charge in [0.2, 0.25) is 11.8 Å². The van der Waals surface area contributed by atoms with Gasteiger partial charge in [0, 0.05) is 16.6 Å². The van der Waals surface area contributed by atoms with Crippen molar-refractivity contribution in [3.05, 3.63) is 59.2 Å². The summed E-state index contributed by atoms with van der Waals surface area (Å²) < 4.78 is 25.9. The van der Waals surface area contributed by atoms with Crippen LogP contribution in [0.25, 0.3) is 0 Å². The van der Waals surface area contributed by atoms with Gasteiger partial charge < -0.3 is 10.6 Å². The van der Waals surface area contributed by atoms with Crippen molar-refractivity contribution in [2.45, 2.75) is 18.7 Å². The van der Waals surface area contributed by atoms with E-state index < -0.39 is 17.5 Å². The fraction of sp³-hybridized carbons (Fsp3) is 0.222. The maximum atomic E-state index is 13.1. The normalized spacial score (nSPS) is 10.4. The Morgan fingerprint density at radius 3 is 2.48 bits per heavy atom. The zero-order valence-corrected chi connectivity index (χ0v) is 14.7. The summed E-state index contributed by atoms with van der Waals surface area (Å²) in [7, 11) is 0. The minimum Gasteiger partial charge on any atom is -0.346 e. The van der Waals surface area contributed by atoms with Crippen LogP contribution in [0.5, 0.6) is 0 Å². The second-order valence-corrected chi connectivity index (χ2v) is 6.53. The number of amides is 2. The molecular formula is C18H18F2N2O2S. The van der Waals surface area contributed by atoms with Gasteiger partial charge in [-0.05, 0) is 37.6 Å². The summed E-state index contributed by atoms with van der Waals surface area (Å²) in [6.45, 7) is 3.70. The van der Waals surface area contributed by atoms with Crippen molar-refractivity contribution in [2.24, 2.45) is 0 Å². The smallest absolute Gasteiger partial charge is 0.243 e. The Labute approximate surface area is 149 Å². The molecule has 0 aliphatic rings. The number of rotatable bonds is 6. The van der Waals surface area contributed by atoms with Crippen LogP contribution in [0.15, 0.2) is 41.3 Å². The molecule has 0 aliphatic heterocycles. The van der Waals surface area contributed by atoms with E-state index in [1.54, 1.807) is 0 Å². The molecule has 0 saturated heterocycles. The molecule has 2 aromatic rings. The molecule has 2 rings (SSSR count). The van der Waals surface area contributed by atoms with Crippen LogP contribution in [0.4, 0.5) is 14.5 Å². The van der Waals surface area contributed by atoms with E-state index in [0.29, 0.717) is 0 Å². The molecule has 0 heterocycles. The van der Waals surface area contributed by atoms with Crippen LogP contribution >= 0.6 is 11.8 Å². The number of carbonyl (C=O) groups is 2. The second-order valence-electron chi connectivity index (χ2n) is 5.51. The molecule has 0 radical (unpaired) electrons. The lowest BCUT2D eigenvalue weighted by Gasteiger charge is -2.09. The first-order chi connectivity index (χ1) is 11.8. The van der Waals surface area contributed by atoms with Crippen molar-refractivity contribution in [2.75, 3.05) is 17.6 Å². The van der Waals surface area contributed by atoms with Gasteiger partial charge >= 0.3 is 0 Å². The predicted molar refractivity (Wildman–Crippen MR) is 94.6 cm³/mol. The standard InChI is InChI=1S/C18H18F2N2O2S/c1-11-3-4-12(2)16(7-11)25-10-18(24)21-9-17(23)22-13-5-6-14(19)15(20)8-13/h3-8H,9-10H2,1-2H3,(H,21,24)(H,22,23). The number of benzene rings is 2. The van der Waals surface area contributed by atoms with Crippen molar-refractivity contribution in [1.82, 2.24) is 5.32 Å². The molecule has 7 heteroatoms. The summed E-state index contributed by atoms with van der Waals surface area (Å²) in [5, 5.41) is 4.88. The summed E-state index contributed by atoms with van der Waals surface area (Å²) in [6.07, 6.45) is 0. The van der Waals surface area contributed by atoms with Crippen LogP contribution in [-0.2, 0) is 9.59 Å². The maximum Gasteiger partial charge on any atom is 0.243 e. The van der Waals surface area contributed by atoms with Gasteiger partial charge in [-0.15, -0.1) is 11.8 Å². The SMILES string of the molecule is Cc1ccc(C)c(SCC(=O)NCC(=O)Nc2ccc(F)c(F)c2)c1. The summed E-state index contributed by atoms with van der Waals surface area (Å²) in [6, 6.07) is 9.04. The molecular weight excluding hydrogens is 346 g/mol. The maximum absolute atomic E-state index is 13.1. The van der Waals surface area contributed by atoms with E-state index in [2.05, 4.69) is 10.6 Å². The van der Waals surface area contributed by atoms with Gasteiger partial charge in [0.15, 0.2) is 11.6 Å². The van der Waals surface area contributed by atoms with Crippen molar-refractivity contribution in [3.8, 4) is 0 Å². The van der Waals surface area contributed by atoms with E-state index in [-0.39, 0.29) is 23.9 Å². The number of halogens is 2. The number of carbonyl (C=O) groups excluding carboxylic acids is 2. The average molecular weight is 364 g/mol. The first kappa shape index (κ1) is 18.9. The van der Waals surface area contributed by atoms with E-state index in [1.807, 2.05) is 32.0 Å². The van der Waals surface area contributed by atoms with Gasteiger partial charge in [-0.1, -0.05) is 17.7 Å². The van der Waals surface area contributed by atoms with Gasteiger partial charge in [0.25, 0.3) is 0 Å². The summed E-state index contributed by atoms with van der Waals surface area (Å²) >= 11 is 1.39. The van der Waals surface area contributed by atoms with E-state index in [9.17, 15) is 18.4 Å². The minimum absolute atomic E-state index is 0.128. The Bertz CT molecular complexity index is 797.